The zero-order valence-electron chi connectivity index (χ0n) is 12.3. The highest BCUT2D eigenvalue weighted by Crippen LogP contribution is 2.31. The van der Waals surface area contributed by atoms with Crippen LogP contribution in [0.3, 0.4) is 0 Å². The van der Waals surface area contributed by atoms with Crippen molar-refractivity contribution in [2.45, 2.75) is 45.5 Å². The van der Waals surface area contributed by atoms with Gasteiger partial charge in [-0.3, -0.25) is 0 Å². The topological polar surface area (TPSA) is 20.2 Å². The Kier molecular flexibility index (Phi) is 4.57. The van der Waals surface area contributed by atoms with E-state index in [1.807, 2.05) is 20.8 Å². The summed E-state index contributed by atoms with van der Waals surface area (Å²) in [6.45, 7) is 14.6. The van der Waals surface area contributed by atoms with Crippen molar-refractivity contribution in [3.63, 3.8) is 0 Å². The first-order valence-electron chi connectivity index (χ1n) is 6.58. The molecule has 0 saturated carbocycles. The van der Waals surface area contributed by atoms with E-state index < -0.39 is 13.7 Å². The molecule has 0 radical (unpaired) electrons. The number of benzene rings is 1. The average molecular weight is 262 g/mol. The van der Waals surface area contributed by atoms with Crippen molar-refractivity contribution in [3.8, 4) is 0 Å². The Morgan fingerprint density at radius 2 is 1.78 bits per heavy atom. The molecule has 100 valence electrons. The van der Waals surface area contributed by atoms with E-state index in [1.165, 1.54) is 5.19 Å². The molecule has 1 N–H and O–H groups in total. The molecule has 0 amide bonds. The molecule has 2 heteroatoms. The van der Waals surface area contributed by atoms with Gasteiger partial charge in [0.15, 0.2) is 0 Å². The lowest BCUT2D eigenvalue weighted by Gasteiger charge is -2.36. The van der Waals surface area contributed by atoms with Crippen LogP contribution in [0.2, 0.25) is 19.1 Å². The molecule has 1 aromatic carbocycles. The minimum Gasteiger partial charge on any atom is -0.390 e. The van der Waals surface area contributed by atoms with E-state index in [2.05, 4.69) is 50.0 Å². The zero-order valence-corrected chi connectivity index (χ0v) is 13.3. The highest BCUT2D eigenvalue weighted by molar-refractivity contribution is 6.89. The maximum atomic E-state index is 10.3. The van der Waals surface area contributed by atoms with E-state index in [4.69, 9.17) is 0 Å². The van der Waals surface area contributed by atoms with Crippen molar-refractivity contribution in [3.05, 3.63) is 42.5 Å². The van der Waals surface area contributed by atoms with Crippen molar-refractivity contribution >= 4 is 13.3 Å². The molecule has 0 aliphatic rings. The highest BCUT2D eigenvalue weighted by atomic mass is 28.3. The molecule has 18 heavy (non-hydrogen) atoms. The van der Waals surface area contributed by atoms with Crippen molar-refractivity contribution in [1.29, 1.82) is 0 Å². The van der Waals surface area contributed by atoms with Gasteiger partial charge in [-0.1, -0.05) is 60.8 Å². The summed E-state index contributed by atoms with van der Waals surface area (Å²) >= 11 is 0. The molecule has 1 unspecified atom stereocenters. The fourth-order valence-corrected chi connectivity index (χ4v) is 5.74. The third kappa shape index (κ3) is 3.82. The Balaban J connectivity index is 2.97. The first-order valence-corrected chi connectivity index (χ1v) is 9.78. The molecular formula is C16H26OSi. The summed E-state index contributed by atoms with van der Waals surface area (Å²) in [4.78, 5) is 0. The Bertz CT molecular complexity index is 401. The summed E-state index contributed by atoms with van der Waals surface area (Å²) in [5.41, 5.74) is 0.393. The fourth-order valence-electron chi connectivity index (χ4n) is 2.54. The molecule has 1 aromatic rings. The molecule has 0 fully saturated rings. The van der Waals surface area contributed by atoms with E-state index in [0.29, 0.717) is 0 Å². The molecule has 0 aromatic heterocycles. The van der Waals surface area contributed by atoms with E-state index in [1.54, 1.807) is 0 Å². The molecule has 1 rings (SSSR count). The first kappa shape index (κ1) is 15.2. The Morgan fingerprint density at radius 1 is 1.28 bits per heavy atom. The molecule has 0 spiro atoms. The normalized spacial score (nSPS) is 14.3. The van der Waals surface area contributed by atoms with Gasteiger partial charge in [0.25, 0.3) is 0 Å². The number of hydrogen-bond acceptors (Lipinski definition) is 1. The molecule has 1 atom stereocenters. The SMILES string of the molecule is C=C(C)C(C[Si](C)(C)c1ccccc1)C(C)(C)O. The molecule has 0 heterocycles. The summed E-state index contributed by atoms with van der Waals surface area (Å²) in [6, 6.07) is 11.7. The Labute approximate surface area is 113 Å². The van der Waals surface area contributed by atoms with Crippen LogP contribution in [-0.2, 0) is 0 Å². The van der Waals surface area contributed by atoms with Crippen molar-refractivity contribution in [2.24, 2.45) is 5.92 Å². The summed E-state index contributed by atoms with van der Waals surface area (Å²) < 4.78 is 0. The fraction of sp³-hybridized carbons (Fsp3) is 0.500. The van der Waals surface area contributed by atoms with Gasteiger partial charge in [-0.05, 0) is 26.8 Å². The van der Waals surface area contributed by atoms with Crippen LogP contribution in [-0.4, -0.2) is 18.8 Å². The van der Waals surface area contributed by atoms with Gasteiger partial charge in [0.1, 0.15) is 0 Å². The lowest BCUT2D eigenvalue weighted by molar-refractivity contribution is 0.0395. The lowest BCUT2D eigenvalue weighted by atomic mass is 9.87. The lowest BCUT2D eigenvalue weighted by Crippen LogP contribution is -2.46. The molecular weight excluding hydrogens is 236 g/mol. The van der Waals surface area contributed by atoms with Gasteiger partial charge in [0.2, 0.25) is 0 Å². The van der Waals surface area contributed by atoms with Crippen LogP contribution >= 0.6 is 0 Å². The maximum absolute atomic E-state index is 10.3. The Morgan fingerprint density at radius 3 is 2.17 bits per heavy atom. The summed E-state index contributed by atoms with van der Waals surface area (Å²) in [6.07, 6.45) is 0. The molecule has 0 aliphatic heterocycles. The summed E-state index contributed by atoms with van der Waals surface area (Å²) in [5.74, 6) is 0.166. The van der Waals surface area contributed by atoms with Crippen LogP contribution in [0.1, 0.15) is 20.8 Å². The van der Waals surface area contributed by atoms with Gasteiger partial charge >= 0.3 is 0 Å². The van der Waals surface area contributed by atoms with E-state index in [0.717, 1.165) is 11.6 Å². The third-order valence-electron chi connectivity index (χ3n) is 3.72. The predicted molar refractivity (Wildman–Crippen MR) is 83.0 cm³/mol. The first-order chi connectivity index (χ1) is 8.14. The quantitative estimate of drug-likeness (QED) is 0.635. The van der Waals surface area contributed by atoms with Crippen LogP contribution in [0.15, 0.2) is 42.5 Å². The molecule has 0 saturated heterocycles. The average Bonchev–Trinajstić information content (AvgIpc) is 2.25. The van der Waals surface area contributed by atoms with Gasteiger partial charge in [0.05, 0.1) is 13.7 Å². The van der Waals surface area contributed by atoms with Gasteiger partial charge in [-0.15, -0.1) is 0 Å². The number of hydrogen-bond donors (Lipinski definition) is 1. The molecule has 0 bridgehead atoms. The van der Waals surface area contributed by atoms with E-state index >= 15 is 0 Å². The molecule has 0 aliphatic carbocycles. The standard InChI is InChI=1S/C16H26OSi/c1-13(2)15(16(3,4)17)12-18(5,6)14-10-8-7-9-11-14/h7-11,15,17H,1,12H2,2-6H3. The van der Waals surface area contributed by atoms with E-state index in [-0.39, 0.29) is 5.92 Å². The van der Waals surface area contributed by atoms with Crippen molar-refractivity contribution in [2.75, 3.05) is 0 Å². The van der Waals surface area contributed by atoms with Crippen LogP contribution in [0.5, 0.6) is 0 Å². The highest BCUT2D eigenvalue weighted by Gasteiger charge is 2.35. The molecule has 1 nitrogen and oxygen atoms in total. The van der Waals surface area contributed by atoms with Crippen LogP contribution in [0, 0.1) is 5.92 Å². The van der Waals surface area contributed by atoms with Gasteiger partial charge < -0.3 is 5.11 Å². The maximum Gasteiger partial charge on any atom is 0.0813 e. The summed E-state index contributed by atoms with van der Waals surface area (Å²) in [5, 5.41) is 11.8. The Hall–Kier alpha value is -0.863. The van der Waals surface area contributed by atoms with Crippen molar-refractivity contribution < 1.29 is 5.11 Å². The zero-order chi connectivity index (χ0) is 14.0. The second kappa shape index (κ2) is 5.41. The van der Waals surface area contributed by atoms with Crippen molar-refractivity contribution in [1.82, 2.24) is 0 Å². The smallest absolute Gasteiger partial charge is 0.0813 e. The second-order valence-corrected chi connectivity index (χ2v) is 11.3. The summed E-state index contributed by atoms with van der Waals surface area (Å²) in [7, 11) is -1.54. The van der Waals surface area contributed by atoms with Gasteiger partial charge in [-0.25, -0.2) is 0 Å². The monoisotopic (exact) mass is 262 g/mol. The number of aliphatic hydroxyl groups is 1. The van der Waals surface area contributed by atoms with Crippen LogP contribution in [0.25, 0.3) is 0 Å². The predicted octanol–water partition coefficient (Wildman–Crippen LogP) is 3.57. The second-order valence-electron chi connectivity index (χ2n) is 6.51. The third-order valence-corrected chi connectivity index (χ3v) is 7.04. The minimum absolute atomic E-state index is 0.166. The largest absolute Gasteiger partial charge is 0.390 e. The van der Waals surface area contributed by atoms with Gasteiger partial charge in [0, 0.05) is 5.92 Å². The van der Waals surface area contributed by atoms with Crippen LogP contribution in [0.4, 0.5) is 0 Å². The minimum atomic E-state index is -1.54. The van der Waals surface area contributed by atoms with Gasteiger partial charge in [-0.2, -0.15) is 0 Å². The van der Waals surface area contributed by atoms with E-state index in [9.17, 15) is 5.11 Å². The number of rotatable bonds is 5. The van der Waals surface area contributed by atoms with Crippen LogP contribution < -0.4 is 5.19 Å².